The van der Waals surface area contributed by atoms with Crippen LogP contribution in [0.1, 0.15) is 35.2 Å². The minimum Gasteiger partial charge on any atom is -0.486 e. The lowest BCUT2D eigenvalue weighted by atomic mass is 10.1. The van der Waals surface area contributed by atoms with Gasteiger partial charge in [0.25, 0.3) is 5.91 Å². The summed E-state index contributed by atoms with van der Waals surface area (Å²) in [5.74, 6) is 0.836. The van der Waals surface area contributed by atoms with Crippen molar-refractivity contribution in [2.45, 2.75) is 31.1 Å². The highest BCUT2D eigenvalue weighted by Crippen LogP contribution is 2.33. The number of rotatable bonds is 4. The van der Waals surface area contributed by atoms with Gasteiger partial charge in [0, 0.05) is 30.4 Å². The maximum atomic E-state index is 13.1. The predicted octanol–water partition coefficient (Wildman–Crippen LogP) is 3.19. The maximum absolute atomic E-state index is 13.1. The van der Waals surface area contributed by atoms with E-state index in [9.17, 15) is 13.2 Å². The zero-order valence-corrected chi connectivity index (χ0v) is 17.1. The summed E-state index contributed by atoms with van der Waals surface area (Å²) in [5, 5.41) is 2.80. The van der Waals surface area contributed by atoms with E-state index >= 15 is 0 Å². The number of carbonyl (C=O) groups is 1. The van der Waals surface area contributed by atoms with Crippen molar-refractivity contribution in [3.8, 4) is 11.5 Å². The van der Waals surface area contributed by atoms with Crippen LogP contribution in [0.4, 0.5) is 5.69 Å². The summed E-state index contributed by atoms with van der Waals surface area (Å²) >= 11 is 0. The highest BCUT2D eigenvalue weighted by Gasteiger charge is 2.28. The van der Waals surface area contributed by atoms with Crippen LogP contribution in [0.2, 0.25) is 0 Å². The molecular formula is C21H24N2O5S. The summed E-state index contributed by atoms with van der Waals surface area (Å²) < 4.78 is 38.7. The van der Waals surface area contributed by atoms with Gasteiger partial charge in [0.15, 0.2) is 11.5 Å². The van der Waals surface area contributed by atoms with E-state index in [-0.39, 0.29) is 10.8 Å². The van der Waals surface area contributed by atoms with Crippen molar-refractivity contribution < 1.29 is 22.7 Å². The molecule has 8 heteroatoms. The number of nitrogens with one attached hydrogen (secondary N) is 1. The Kier molecular flexibility index (Phi) is 5.47. The second kappa shape index (κ2) is 8.04. The highest BCUT2D eigenvalue weighted by atomic mass is 32.2. The standard InChI is InChI=1S/C21H24N2O5S/c1-15-5-6-16(13-20(15)29(25,26)23-9-3-2-4-10-23)21(24)22-17-7-8-18-19(14-17)28-12-11-27-18/h5-8,13-14H,2-4,9-12H2,1H3,(H,22,24). The Morgan fingerprint density at radius 1 is 0.966 bits per heavy atom. The number of ether oxygens (including phenoxy) is 2. The van der Waals surface area contributed by atoms with Crippen molar-refractivity contribution in [2.75, 3.05) is 31.6 Å². The van der Waals surface area contributed by atoms with Crippen LogP contribution in [0.15, 0.2) is 41.3 Å². The molecule has 1 fully saturated rings. The molecule has 0 unspecified atom stereocenters. The SMILES string of the molecule is Cc1ccc(C(=O)Nc2ccc3c(c2)OCCO3)cc1S(=O)(=O)N1CCCCC1. The van der Waals surface area contributed by atoms with E-state index in [2.05, 4.69) is 5.32 Å². The Balaban J connectivity index is 1.57. The van der Waals surface area contributed by atoms with Gasteiger partial charge in [-0.2, -0.15) is 4.31 Å². The maximum Gasteiger partial charge on any atom is 0.255 e. The molecule has 1 amide bonds. The number of nitrogens with zero attached hydrogens (tertiary/aromatic N) is 1. The van der Waals surface area contributed by atoms with Gasteiger partial charge < -0.3 is 14.8 Å². The van der Waals surface area contributed by atoms with Gasteiger partial charge in [0.05, 0.1) is 4.90 Å². The Bertz CT molecular complexity index is 1030. The highest BCUT2D eigenvalue weighted by molar-refractivity contribution is 7.89. The van der Waals surface area contributed by atoms with E-state index < -0.39 is 10.0 Å². The van der Waals surface area contributed by atoms with Gasteiger partial charge in [-0.15, -0.1) is 0 Å². The lowest BCUT2D eigenvalue weighted by molar-refractivity contribution is 0.102. The summed E-state index contributed by atoms with van der Waals surface area (Å²) in [5.41, 5.74) is 1.48. The van der Waals surface area contributed by atoms with Crippen LogP contribution in [0.25, 0.3) is 0 Å². The second-order valence-corrected chi connectivity index (χ2v) is 9.16. The molecule has 2 heterocycles. The second-order valence-electron chi connectivity index (χ2n) is 7.26. The third-order valence-electron chi connectivity index (χ3n) is 5.18. The first kappa shape index (κ1) is 19.7. The molecule has 2 aromatic carbocycles. The zero-order valence-electron chi connectivity index (χ0n) is 16.3. The molecule has 0 aliphatic carbocycles. The summed E-state index contributed by atoms with van der Waals surface area (Å²) in [6, 6.07) is 9.95. The van der Waals surface area contributed by atoms with Crippen molar-refractivity contribution in [2.24, 2.45) is 0 Å². The Labute approximate surface area is 170 Å². The fourth-order valence-electron chi connectivity index (χ4n) is 3.59. The Morgan fingerprint density at radius 2 is 1.69 bits per heavy atom. The van der Waals surface area contributed by atoms with Crippen LogP contribution in [0.5, 0.6) is 11.5 Å². The lowest BCUT2D eigenvalue weighted by Gasteiger charge is -2.26. The molecule has 1 saturated heterocycles. The summed E-state index contributed by atoms with van der Waals surface area (Å²) in [4.78, 5) is 12.9. The number of fused-ring (bicyclic) bond motifs is 1. The summed E-state index contributed by atoms with van der Waals surface area (Å²) in [6.07, 6.45) is 2.77. The molecule has 2 aromatic rings. The average Bonchev–Trinajstić information content (AvgIpc) is 2.74. The normalized spacial score (nSPS) is 17.0. The fourth-order valence-corrected chi connectivity index (χ4v) is 5.36. The fraction of sp³-hybridized carbons (Fsp3) is 0.381. The number of carbonyl (C=O) groups excluding carboxylic acids is 1. The Hall–Kier alpha value is -2.58. The van der Waals surface area contributed by atoms with Gasteiger partial charge in [0.1, 0.15) is 13.2 Å². The third-order valence-corrected chi connectivity index (χ3v) is 7.22. The molecular weight excluding hydrogens is 392 g/mol. The molecule has 0 radical (unpaired) electrons. The summed E-state index contributed by atoms with van der Waals surface area (Å²) in [7, 11) is -3.62. The lowest BCUT2D eigenvalue weighted by Crippen LogP contribution is -2.36. The molecule has 0 spiro atoms. The molecule has 1 N–H and O–H groups in total. The molecule has 0 atom stereocenters. The average molecular weight is 416 g/mol. The molecule has 2 aliphatic rings. The Morgan fingerprint density at radius 3 is 2.45 bits per heavy atom. The third kappa shape index (κ3) is 4.09. The van der Waals surface area contributed by atoms with Crippen molar-refractivity contribution in [3.05, 3.63) is 47.5 Å². The van der Waals surface area contributed by atoms with E-state index in [0.29, 0.717) is 54.6 Å². The van der Waals surface area contributed by atoms with E-state index in [0.717, 1.165) is 19.3 Å². The van der Waals surface area contributed by atoms with Crippen molar-refractivity contribution >= 4 is 21.6 Å². The van der Waals surface area contributed by atoms with Gasteiger partial charge in [-0.3, -0.25) is 4.79 Å². The first-order valence-electron chi connectivity index (χ1n) is 9.77. The quantitative estimate of drug-likeness (QED) is 0.827. The van der Waals surface area contributed by atoms with Crippen LogP contribution < -0.4 is 14.8 Å². The molecule has 29 heavy (non-hydrogen) atoms. The summed E-state index contributed by atoms with van der Waals surface area (Å²) in [6.45, 7) is 3.75. The van der Waals surface area contributed by atoms with Gasteiger partial charge in [-0.1, -0.05) is 12.5 Å². The van der Waals surface area contributed by atoms with Gasteiger partial charge in [0.2, 0.25) is 10.0 Å². The van der Waals surface area contributed by atoms with Crippen LogP contribution >= 0.6 is 0 Å². The van der Waals surface area contributed by atoms with Gasteiger partial charge >= 0.3 is 0 Å². The van der Waals surface area contributed by atoms with Crippen LogP contribution in [0, 0.1) is 6.92 Å². The van der Waals surface area contributed by atoms with Crippen LogP contribution in [0.3, 0.4) is 0 Å². The molecule has 0 saturated carbocycles. The minimum atomic E-state index is -3.62. The smallest absolute Gasteiger partial charge is 0.255 e. The first-order valence-corrected chi connectivity index (χ1v) is 11.2. The largest absolute Gasteiger partial charge is 0.486 e. The number of aryl methyl sites for hydroxylation is 1. The molecule has 4 rings (SSSR count). The molecule has 154 valence electrons. The van der Waals surface area contributed by atoms with Crippen LogP contribution in [-0.4, -0.2) is 44.9 Å². The number of benzene rings is 2. The number of sulfonamides is 1. The molecule has 2 aliphatic heterocycles. The van der Waals surface area contributed by atoms with E-state index in [1.807, 2.05) is 0 Å². The first-order chi connectivity index (χ1) is 13.9. The van der Waals surface area contributed by atoms with E-state index in [4.69, 9.17) is 9.47 Å². The van der Waals surface area contributed by atoms with E-state index in [1.165, 1.54) is 10.4 Å². The monoisotopic (exact) mass is 416 g/mol. The number of hydrogen-bond acceptors (Lipinski definition) is 5. The topological polar surface area (TPSA) is 84.9 Å². The van der Waals surface area contributed by atoms with Gasteiger partial charge in [-0.25, -0.2) is 8.42 Å². The number of hydrogen-bond donors (Lipinski definition) is 1. The molecule has 7 nitrogen and oxygen atoms in total. The van der Waals surface area contributed by atoms with Crippen molar-refractivity contribution in [1.82, 2.24) is 4.31 Å². The predicted molar refractivity (Wildman–Crippen MR) is 109 cm³/mol. The number of anilines is 1. The van der Waals surface area contributed by atoms with Crippen molar-refractivity contribution in [3.63, 3.8) is 0 Å². The molecule has 0 bridgehead atoms. The molecule has 0 aromatic heterocycles. The van der Waals surface area contributed by atoms with Gasteiger partial charge in [-0.05, 0) is 49.6 Å². The number of piperidine rings is 1. The zero-order chi connectivity index (χ0) is 20.4. The minimum absolute atomic E-state index is 0.189. The van der Waals surface area contributed by atoms with E-state index in [1.54, 1.807) is 37.3 Å². The number of amides is 1. The van der Waals surface area contributed by atoms with Crippen molar-refractivity contribution in [1.29, 1.82) is 0 Å². The van der Waals surface area contributed by atoms with Crippen LogP contribution in [-0.2, 0) is 10.0 Å².